The maximum absolute atomic E-state index is 3.56. The van der Waals surface area contributed by atoms with Gasteiger partial charge in [-0.25, -0.2) is 0 Å². The molecular weight excluding hydrogens is 218 g/mol. The zero-order valence-electron chi connectivity index (χ0n) is 14.6. The maximum atomic E-state index is 3.56. The molecule has 0 saturated heterocycles. The first-order valence-electron chi connectivity index (χ1n) is 7.62. The minimum absolute atomic E-state index is 0.312. The SMILES string of the molecule is C=C(C)C.CC.CCCC(CCC)C(C)(C)NC. The third-order valence-corrected chi connectivity index (χ3v) is 2.94. The molecule has 0 atom stereocenters. The summed E-state index contributed by atoms with van der Waals surface area (Å²) in [5.74, 6) is 0.831. The zero-order valence-corrected chi connectivity index (χ0v) is 14.6. The van der Waals surface area contributed by atoms with Crippen molar-refractivity contribution in [2.24, 2.45) is 5.92 Å². The molecule has 0 unspecified atom stereocenters. The van der Waals surface area contributed by atoms with Crippen molar-refractivity contribution in [3.63, 3.8) is 0 Å². The van der Waals surface area contributed by atoms with E-state index in [1.807, 2.05) is 27.7 Å². The van der Waals surface area contributed by atoms with Gasteiger partial charge in [0.25, 0.3) is 0 Å². The van der Waals surface area contributed by atoms with Crippen LogP contribution >= 0.6 is 0 Å². The molecule has 0 aromatic heterocycles. The van der Waals surface area contributed by atoms with E-state index in [0.29, 0.717) is 5.54 Å². The fourth-order valence-corrected chi connectivity index (χ4v) is 1.77. The van der Waals surface area contributed by atoms with E-state index in [2.05, 4.69) is 46.6 Å². The van der Waals surface area contributed by atoms with Crippen LogP contribution < -0.4 is 5.32 Å². The lowest BCUT2D eigenvalue weighted by atomic mass is 9.81. The molecule has 1 N–H and O–H groups in total. The smallest absolute Gasteiger partial charge is 0.0150 e. The lowest BCUT2D eigenvalue weighted by molar-refractivity contribution is 0.236. The second kappa shape index (κ2) is 14.8. The molecule has 1 nitrogen and oxygen atoms in total. The molecule has 0 amide bonds. The Morgan fingerprint density at radius 3 is 1.50 bits per heavy atom. The van der Waals surface area contributed by atoms with Gasteiger partial charge in [0, 0.05) is 5.54 Å². The van der Waals surface area contributed by atoms with Crippen molar-refractivity contribution >= 4 is 0 Å². The van der Waals surface area contributed by atoms with E-state index in [9.17, 15) is 0 Å². The highest BCUT2D eigenvalue weighted by atomic mass is 14.9. The van der Waals surface area contributed by atoms with Crippen LogP contribution in [0.3, 0.4) is 0 Å². The van der Waals surface area contributed by atoms with Crippen LogP contribution in [0, 0.1) is 5.92 Å². The van der Waals surface area contributed by atoms with Crippen LogP contribution in [-0.4, -0.2) is 12.6 Å². The summed E-state index contributed by atoms with van der Waals surface area (Å²) in [5, 5.41) is 3.41. The molecule has 0 fully saturated rings. The molecule has 0 aliphatic carbocycles. The molecule has 1 heteroatoms. The summed E-state index contributed by atoms with van der Waals surface area (Å²) in [6, 6.07) is 0. The molecular formula is C17H39N. The first kappa shape index (κ1) is 22.8. The van der Waals surface area contributed by atoms with Gasteiger partial charge in [0.05, 0.1) is 0 Å². The van der Waals surface area contributed by atoms with Crippen LogP contribution in [0.5, 0.6) is 0 Å². The third-order valence-electron chi connectivity index (χ3n) is 2.94. The molecule has 0 aliphatic rings. The lowest BCUT2D eigenvalue weighted by Gasteiger charge is -2.34. The van der Waals surface area contributed by atoms with Gasteiger partial charge < -0.3 is 5.32 Å². The van der Waals surface area contributed by atoms with Crippen molar-refractivity contribution in [3.8, 4) is 0 Å². The predicted molar refractivity (Wildman–Crippen MR) is 88.3 cm³/mol. The van der Waals surface area contributed by atoms with Gasteiger partial charge in [-0.3, -0.25) is 0 Å². The maximum Gasteiger partial charge on any atom is 0.0150 e. The first-order valence-corrected chi connectivity index (χ1v) is 7.62. The van der Waals surface area contributed by atoms with Gasteiger partial charge >= 0.3 is 0 Å². The van der Waals surface area contributed by atoms with Crippen molar-refractivity contribution in [1.82, 2.24) is 5.32 Å². The monoisotopic (exact) mass is 257 g/mol. The van der Waals surface area contributed by atoms with E-state index in [0.717, 1.165) is 5.92 Å². The van der Waals surface area contributed by atoms with Gasteiger partial charge in [-0.1, -0.05) is 46.1 Å². The van der Waals surface area contributed by atoms with Gasteiger partial charge in [0.1, 0.15) is 0 Å². The molecule has 0 heterocycles. The summed E-state index contributed by atoms with van der Waals surface area (Å²) in [5.41, 5.74) is 1.48. The Morgan fingerprint density at radius 2 is 1.33 bits per heavy atom. The average Bonchev–Trinajstić information content (AvgIpc) is 2.31. The van der Waals surface area contributed by atoms with E-state index >= 15 is 0 Å². The number of hydrogen-bond acceptors (Lipinski definition) is 1. The summed E-state index contributed by atoms with van der Waals surface area (Å²) in [7, 11) is 2.07. The van der Waals surface area contributed by atoms with Crippen LogP contribution in [0.1, 0.15) is 81.1 Å². The molecule has 0 aromatic rings. The van der Waals surface area contributed by atoms with Gasteiger partial charge in [-0.15, -0.1) is 6.58 Å². The van der Waals surface area contributed by atoms with Crippen LogP contribution in [0.15, 0.2) is 12.2 Å². The summed E-state index contributed by atoms with van der Waals surface area (Å²) >= 11 is 0. The van der Waals surface area contributed by atoms with E-state index in [1.165, 1.54) is 31.3 Å². The second-order valence-corrected chi connectivity index (χ2v) is 5.45. The minimum atomic E-state index is 0.312. The second-order valence-electron chi connectivity index (χ2n) is 5.45. The van der Waals surface area contributed by atoms with Crippen molar-refractivity contribution in [2.75, 3.05) is 7.05 Å². The van der Waals surface area contributed by atoms with E-state index in [4.69, 9.17) is 0 Å². The summed E-state index contributed by atoms with van der Waals surface area (Å²) in [6.07, 6.45) is 5.30. The highest BCUT2D eigenvalue weighted by Gasteiger charge is 2.25. The number of rotatable bonds is 6. The van der Waals surface area contributed by atoms with E-state index in [1.54, 1.807) is 0 Å². The predicted octanol–water partition coefficient (Wildman–Crippen LogP) is 5.81. The Morgan fingerprint density at radius 1 is 1.06 bits per heavy atom. The number of hydrogen-bond donors (Lipinski definition) is 1. The molecule has 112 valence electrons. The molecule has 0 radical (unpaired) electrons. The van der Waals surface area contributed by atoms with Crippen LogP contribution in [0.4, 0.5) is 0 Å². The van der Waals surface area contributed by atoms with Crippen molar-refractivity contribution < 1.29 is 0 Å². The Balaban J connectivity index is -0.000000317. The Labute approximate surface area is 117 Å². The van der Waals surface area contributed by atoms with Gasteiger partial charge in [0.2, 0.25) is 0 Å². The summed E-state index contributed by atoms with van der Waals surface area (Å²) in [4.78, 5) is 0. The van der Waals surface area contributed by atoms with Crippen LogP contribution in [0.2, 0.25) is 0 Å². The quantitative estimate of drug-likeness (QED) is 0.592. The summed E-state index contributed by atoms with van der Waals surface area (Å²) in [6.45, 7) is 20.7. The zero-order chi connectivity index (χ0) is 15.2. The molecule has 0 rings (SSSR count). The number of nitrogens with one attached hydrogen (secondary N) is 1. The largest absolute Gasteiger partial charge is 0.315 e. The Bertz CT molecular complexity index is 160. The lowest BCUT2D eigenvalue weighted by Crippen LogP contribution is -2.43. The molecule has 0 aromatic carbocycles. The fraction of sp³-hybridized carbons (Fsp3) is 0.882. The van der Waals surface area contributed by atoms with Gasteiger partial charge in [-0.05, 0) is 53.5 Å². The fourth-order valence-electron chi connectivity index (χ4n) is 1.77. The molecule has 0 aliphatic heterocycles. The normalized spacial score (nSPS) is 10.1. The third kappa shape index (κ3) is 15.7. The molecule has 0 spiro atoms. The Hall–Kier alpha value is -0.300. The first-order chi connectivity index (χ1) is 8.31. The highest BCUT2D eigenvalue weighted by Crippen LogP contribution is 2.25. The van der Waals surface area contributed by atoms with Crippen molar-refractivity contribution in [3.05, 3.63) is 12.2 Å². The van der Waals surface area contributed by atoms with Gasteiger partial charge in [-0.2, -0.15) is 0 Å². The van der Waals surface area contributed by atoms with Crippen LogP contribution in [0.25, 0.3) is 0 Å². The standard InChI is InChI=1S/C11H25N.C4H8.C2H6/c1-6-8-10(9-7-2)11(3,4)12-5;1-4(2)3;1-2/h10,12H,6-9H2,1-5H3;1H2,2-3H3;1-2H3. The minimum Gasteiger partial charge on any atom is -0.315 e. The van der Waals surface area contributed by atoms with Crippen molar-refractivity contribution in [2.45, 2.75) is 86.6 Å². The molecule has 18 heavy (non-hydrogen) atoms. The van der Waals surface area contributed by atoms with Gasteiger partial charge in [0.15, 0.2) is 0 Å². The molecule has 0 saturated carbocycles. The van der Waals surface area contributed by atoms with E-state index < -0.39 is 0 Å². The van der Waals surface area contributed by atoms with Crippen molar-refractivity contribution in [1.29, 1.82) is 0 Å². The molecule has 0 bridgehead atoms. The highest BCUT2D eigenvalue weighted by molar-refractivity contribution is 4.84. The van der Waals surface area contributed by atoms with E-state index in [-0.39, 0.29) is 0 Å². The number of allylic oxidation sites excluding steroid dienone is 1. The Kier molecular flexibility index (Phi) is 18.7. The summed E-state index contributed by atoms with van der Waals surface area (Å²) < 4.78 is 0. The average molecular weight is 258 g/mol. The van der Waals surface area contributed by atoms with Crippen LogP contribution in [-0.2, 0) is 0 Å². The topological polar surface area (TPSA) is 12.0 Å².